The smallest absolute Gasteiger partial charge is 0.394 e. The van der Waals surface area contributed by atoms with E-state index in [0.29, 0.717) is 6.54 Å². The van der Waals surface area contributed by atoms with Crippen LogP contribution in [0.1, 0.15) is 12.5 Å². The summed E-state index contributed by atoms with van der Waals surface area (Å²) in [5.41, 5.74) is 1.22. The molecule has 0 atom stereocenters. The van der Waals surface area contributed by atoms with Gasteiger partial charge >= 0.3 is 10.4 Å². The van der Waals surface area contributed by atoms with Crippen LogP contribution < -0.4 is 10.1 Å². The molecule has 0 aliphatic carbocycles. The molecular formula is C15H19NO6S. The van der Waals surface area contributed by atoms with E-state index in [1.54, 1.807) is 7.11 Å². The zero-order chi connectivity index (χ0) is 17.5. The molecule has 0 radical (unpaired) electrons. The second-order valence-corrected chi connectivity index (χ2v) is 5.58. The summed E-state index contributed by atoms with van der Waals surface area (Å²) in [4.78, 5) is 10.9. The maximum atomic E-state index is 10.9. The normalized spacial score (nSPS) is 10.6. The number of nitrogens with one attached hydrogen (secondary N) is 1. The molecule has 0 aromatic heterocycles. The van der Waals surface area contributed by atoms with E-state index in [0.717, 1.165) is 12.2 Å². The number of methoxy groups -OCH3 is 1. The summed E-state index contributed by atoms with van der Waals surface area (Å²) in [6.45, 7) is 2.19. The van der Waals surface area contributed by atoms with Gasteiger partial charge in [-0.05, 0) is 34.9 Å². The zero-order valence-corrected chi connectivity index (χ0v) is 13.6. The van der Waals surface area contributed by atoms with Crippen LogP contribution in [0.25, 0.3) is 10.8 Å². The summed E-state index contributed by atoms with van der Waals surface area (Å²) in [6, 6.07) is 12.3. The number of carbonyl (C=O) groups excluding carboxylic acids is 1. The van der Waals surface area contributed by atoms with Crippen molar-refractivity contribution in [1.29, 1.82) is 0 Å². The highest BCUT2D eigenvalue weighted by molar-refractivity contribution is 7.79. The van der Waals surface area contributed by atoms with Crippen molar-refractivity contribution in [3.05, 3.63) is 42.0 Å². The van der Waals surface area contributed by atoms with E-state index in [9.17, 15) is 4.79 Å². The first-order valence-corrected chi connectivity index (χ1v) is 8.10. The maximum Gasteiger partial charge on any atom is 0.394 e. The summed E-state index contributed by atoms with van der Waals surface area (Å²) in [5, 5.41) is 5.19. The average molecular weight is 341 g/mol. The molecule has 3 N–H and O–H groups in total. The quantitative estimate of drug-likeness (QED) is 0.732. The summed E-state index contributed by atoms with van der Waals surface area (Å²) in [7, 11) is -3.00. The Morgan fingerprint density at radius 2 is 1.87 bits per heavy atom. The molecule has 7 nitrogen and oxygen atoms in total. The number of rotatable bonds is 4. The monoisotopic (exact) mass is 341 g/mol. The fraction of sp³-hybridized carbons (Fsp3) is 0.267. The van der Waals surface area contributed by atoms with Gasteiger partial charge in [0.1, 0.15) is 5.75 Å². The van der Waals surface area contributed by atoms with Crippen LogP contribution >= 0.6 is 0 Å². The molecule has 0 bridgehead atoms. The third kappa shape index (κ3) is 7.59. The fourth-order valence-electron chi connectivity index (χ4n) is 2.03. The first-order chi connectivity index (χ1) is 10.7. The Kier molecular flexibility index (Phi) is 6.95. The molecule has 2 aromatic rings. The zero-order valence-electron chi connectivity index (χ0n) is 12.8. The van der Waals surface area contributed by atoms with Crippen molar-refractivity contribution in [3.63, 3.8) is 0 Å². The predicted octanol–water partition coefficient (Wildman–Crippen LogP) is 1.87. The lowest BCUT2D eigenvalue weighted by atomic mass is 10.0. The molecule has 126 valence electrons. The van der Waals surface area contributed by atoms with E-state index in [1.165, 1.54) is 23.3 Å². The minimum Gasteiger partial charge on any atom is -0.497 e. The number of carbonyl (C=O) groups is 1. The van der Waals surface area contributed by atoms with E-state index in [2.05, 4.69) is 23.5 Å². The van der Waals surface area contributed by atoms with Gasteiger partial charge in [-0.1, -0.05) is 24.3 Å². The van der Waals surface area contributed by atoms with E-state index < -0.39 is 10.4 Å². The molecule has 1 amide bonds. The summed E-state index contributed by atoms with van der Waals surface area (Å²) in [6.07, 6.45) is 0.823. The second kappa shape index (κ2) is 8.47. The number of hydrogen-bond acceptors (Lipinski definition) is 4. The molecular weight excluding hydrogens is 322 g/mol. The van der Waals surface area contributed by atoms with E-state index in [-0.39, 0.29) is 5.91 Å². The molecule has 23 heavy (non-hydrogen) atoms. The largest absolute Gasteiger partial charge is 0.497 e. The number of ether oxygens (including phenoxy) is 1. The minimum absolute atomic E-state index is 0.00724. The Labute approximate surface area is 134 Å². The Balaban J connectivity index is 0.000000463. The van der Waals surface area contributed by atoms with E-state index in [4.69, 9.17) is 22.3 Å². The van der Waals surface area contributed by atoms with Crippen molar-refractivity contribution in [2.75, 3.05) is 13.7 Å². The van der Waals surface area contributed by atoms with Gasteiger partial charge < -0.3 is 10.1 Å². The van der Waals surface area contributed by atoms with Gasteiger partial charge in [-0.25, -0.2) is 0 Å². The molecule has 0 spiro atoms. The van der Waals surface area contributed by atoms with E-state index >= 15 is 0 Å². The van der Waals surface area contributed by atoms with Crippen LogP contribution in [0.3, 0.4) is 0 Å². The van der Waals surface area contributed by atoms with Crippen LogP contribution in [0, 0.1) is 0 Å². The number of fused-ring (bicyclic) bond motifs is 1. The average Bonchev–Trinajstić information content (AvgIpc) is 2.45. The Morgan fingerprint density at radius 3 is 2.43 bits per heavy atom. The van der Waals surface area contributed by atoms with Crippen LogP contribution in [-0.4, -0.2) is 37.1 Å². The van der Waals surface area contributed by atoms with Crippen molar-refractivity contribution < 1.29 is 27.1 Å². The molecule has 2 aromatic carbocycles. The Bertz CT molecular complexity index is 765. The molecule has 8 heteroatoms. The minimum atomic E-state index is -4.67. The van der Waals surface area contributed by atoms with Crippen LogP contribution in [-0.2, 0) is 21.6 Å². The molecule has 0 aliphatic heterocycles. The van der Waals surface area contributed by atoms with Gasteiger partial charge in [0.05, 0.1) is 7.11 Å². The fourth-order valence-corrected chi connectivity index (χ4v) is 2.03. The standard InChI is InChI=1S/C15H17NO2.H2O4S/c1-11(17)16-9-8-13-5-3-4-12-6-7-14(18-2)10-15(12)13;1-5(2,3)4/h3-7,10H,8-9H2,1-2H3,(H,16,17);(H2,1,2,3,4). The highest BCUT2D eigenvalue weighted by Gasteiger charge is 2.03. The van der Waals surface area contributed by atoms with Gasteiger partial charge in [-0.15, -0.1) is 0 Å². The first-order valence-electron chi connectivity index (χ1n) is 6.70. The summed E-state index contributed by atoms with van der Waals surface area (Å²) in [5.74, 6) is 0.863. The molecule has 0 heterocycles. The second-order valence-electron chi connectivity index (χ2n) is 4.68. The van der Waals surface area contributed by atoms with Gasteiger partial charge in [-0.2, -0.15) is 8.42 Å². The maximum absolute atomic E-state index is 10.9. The van der Waals surface area contributed by atoms with Crippen LogP contribution in [0.5, 0.6) is 5.75 Å². The highest BCUT2D eigenvalue weighted by Crippen LogP contribution is 2.24. The molecule has 0 aliphatic rings. The first kappa shape index (κ1) is 18.9. The summed E-state index contributed by atoms with van der Waals surface area (Å²) >= 11 is 0. The van der Waals surface area contributed by atoms with Gasteiger partial charge in [0.25, 0.3) is 0 Å². The highest BCUT2D eigenvalue weighted by atomic mass is 32.3. The Hall–Kier alpha value is -2.16. The number of amides is 1. The van der Waals surface area contributed by atoms with Crippen LogP contribution in [0.4, 0.5) is 0 Å². The van der Waals surface area contributed by atoms with Crippen LogP contribution in [0.15, 0.2) is 36.4 Å². The number of hydrogen-bond donors (Lipinski definition) is 3. The molecule has 0 saturated heterocycles. The third-order valence-corrected chi connectivity index (χ3v) is 2.95. The lowest BCUT2D eigenvalue weighted by Crippen LogP contribution is -2.22. The van der Waals surface area contributed by atoms with Gasteiger partial charge in [0.2, 0.25) is 5.91 Å². The van der Waals surface area contributed by atoms with Crippen molar-refractivity contribution in [3.8, 4) is 5.75 Å². The molecule has 0 unspecified atom stereocenters. The van der Waals surface area contributed by atoms with Gasteiger partial charge in [0, 0.05) is 13.5 Å². The Morgan fingerprint density at radius 1 is 1.22 bits per heavy atom. The summed E-state index contributed by atoms with van der Waals surface area (Å²) < 4.78 is 36.8. The topological polar surface area (TPSA) is 113 Å². The van der Waals surface area contributed by atoms with E-state index in [1.807, 2.05) is 18.2 Å². The third-order valence-electron chi connectivity index (χ3n) is 2.95. The number of benzene rings is 2. The molecule has 2 rings (SSSR count). The molecule has 0 saturated carbocycles. The SMILES string of the molecule is COc1ccc2cccc(CCNC(C)=O)c2c1.O=S(=O)(O)O. The van der Waals surface area contributed by atoms with Crippen molar-refractivity contribution in [2.45, 2.75) is 13.3 Å². The lowest BCUT2D eigenvalue weighted by molar-refractivity contribution is -0.118. The van der Waals surface area contributed by atoms with Crippen molar-refractivity contribution >= 4 is 27.1 Å². The van der Waals surface area contributed by atoms with Gasteiger partial charge in [-0.3, -0.25) is 13.9 Å². The van der Waals surface area contributed by atoms with Crippen LogP contribution in [0.2, 0.25) is 0 Å². The lowest BCUT2D eigenvalue weighted by Gasteiger charge is -2.08. The van der Waals surface area contributed by atoms with Gasteiger partial charge in [0.15, 0.2) is 0 Å². The predicted molar refractivity (Wildman–Crippen MR) is 87.1 cm³/mol. The van der Waals surface area contributed by atoms with Crippen molar-refractivity contribution in [1.82, 2.24) is 5.32 Å². The van der Waals surface area contributed by atoms with Crippen molar-refractivity contribution in [2.24, 2.45) is 0 Å². The molecule has 0 fully saturated rings.